The van der Waals surface area contributed by atoms with E-state index in [0.29, 0.717) is 17.0 Å². The van der Waals surface area contributed by atoms with Crippen LogP contribution < -0.4 is 10.2 Å². The van der Waals surface area contributed by atoms with E-state index >= 15 is 0 Å². The average molecular weight is 303 g/mol. The molecule has 0 aliphatic carbocycles. The number of nitrogens with zero attached hydrogens (tertiary/aromatic N) is 2. The first kappa shape index (κ1) is 15.2. The first-order valence-corrected chi connectivity index (χ1v) is 6.24. The fraction of sp³-hybridized carbons (Fsp3) is 0.143. The zero-order valence-electron chi connectivity index (χ0n) is 11.9. The van der Waals surface area contributed by atoms with Crippen molar-refractivity contribution in [3.63, 3.8) is 0 Å². The Balaban J connectivity index is 2.05. The van der Waals surface area contributed by atoms with Gasteiger partial charge in [-0.1, -0.05) is 0 Å². The summed E-state index contributed by atoms with van der Waals surface area (Å²) in [5, 5.41) is 14.4. The van der Waals surface area contributed by atoms with Crippen molar-refractivity contribution >= 4 is 17.5 Å². The lowest BCUT2D eigenvalue weighted by molar-refractivity contribution is -0.402. The quantitative estimate of drug-likeness (QED) is 0.518. The zero-order valence-corrected chi connectivity index (χ0v) is 11.9. The lowest BCUT2D eigenvalue weighted by atomic mass is 10.2. The van der Waals surface area contributed by atoms with Crippen LogP contribution in [0.4, 0.5) is 5.88 Å². The highest BCUT2D eigenvalue weighted by Gasteiger charge is 2.14. The van der Waals surface area contributed by atoms with Gasteiger partial charge in [0.15, 0.2) is 5.76 Å². The molecule has 1 aromatic carbocycles. The number of rotatable bonds is 5. The molecule has 2 rings (SSSR count). The minimum Gasteiger partial charge on any atom is -0.497 e. The zero-order chi connectivity index (χ0) is 16.1. The summed E-state index contributed by atoms with van der Waals surface area (Å²) in [5.74, 6) is 0.0509. The number of hydrazone groups is 1. The molecule has 114 valence electrons. The Morgan fingerprint density at radius 2 is 1.95 bits per heavy atom. The summed E-state index contributed by atoms with van der Waals surface area (Å²) in [7, 11) is 1.53. The Labute approximate surface area is 125 Å². The molecule has 0 radical (unpaired) electrons. The molecule has 0 saturated carbocycles. The highest BCUT2D eigenvalue weighted by molar-refractivity contribution is 5.99. The van der Waals surface area contributed by atoms with E-state index in [4.69, 9.17) is 9.15 Å². The van der Waals surface area contributed by atoms with Crippen LogP contribution in [0.1, 0.15) is 23.0 Å². The molecule has 8 heteroatoms. The topological polar surface area (TPSA) is 107 Å². The predicted molar refractivity (Wildman–Crippen MR) is 78.0 cm³/mol. The van der Waals surface area contributed by atoms with Crippen molar-refractivity contribution in [3.05, 3.63) is 57.8 Å². The van der Waals surface area contributed by atoms with E-state index in [2.05, 4.69) is 10.5 Å². The molecule has 0 bridgehead atoms. The highest BCUT2D eigenvalue weighted by atomic mass is 16.6. The second kappa shape index (κ2) is 6.53. The Hall–Kier alpha value is -3.16. The minimum atomic E-state index is -0.646. The number of methoxy groups -OCH3 is 1. The van der Waals surface area contributed by atoms with Gasteiger partial charge in [0.05, 0.1) is 13.2 Å². The van der Waals surface area contributed by atoms with Gasteiger partial charge >= 0.3 is 5.88 Å². The van der Waals surface area contributed by atoms with Crippen molar-refractivity contribution in [1.29, 1.82) is 0 Å². The first-order chi connectivity index (χ1) is 10.5. The molecule has 1 heterocycles. The monoisotopic (exact) mass is 303 g/mol. The van der Waals surface area contributed by atoms with Crippen molar-refractivity contribution < 1.29 is 18.9 Å². The highest BCUT2D eigenvalue weighted by Crippen LogP contribution is 2.16. The number of nitro groups is 1. The van der Waals surface area contributed by atoms with Gasteiger partial charge in [-0.2, -0.15) is 5.10 Å². The second-order valence-corrected chi connectivity index (χ2v) is 4.26. The number of carbonyl (C=O) groups excluding carboxylic acids is 1. The van der Waals surface area contributed by atoms with Gasteiger partial charge in [0.25, 0.3) is 5.91 Å². The standard InChI is InChI=1S/C14H13N3O5/c1-9(12-7-8-13(22-12)17(19)20)15-16-14(18)10-3-5-11(21-2)6-4-10/h3-8H,1-2H3,(H,16,18)/b15-9+. The van der Waals surface area contributed by atoms with Gasteiger partial charge < -0.3 is 9.15 Å². The van der Waals surface area contributed by atoms with Gasteiger partial charge in [-0.05, 0) is 37.3 Å². The summed E-state index contributed by atoms with van der Waals surface area (Å²) in [5.41, 5.74) is 3.07. The Morgan fingerprint density at radius 1 is 1.27 bits per heavy atom. The van der Waals surface area contributed by atoms with E-state index in [1.165, 1.54) is 19.2 Å². The predicted octanol–water partition coefficient (Wildman–Crippen LogP) is 2.35. The van der Waals surface area contributed by atoms with Gasteiger partial charge in [-0.15, -0.1) is 0 Å². The van der Waals surface area contributed by atoms with Crippen LogP contribution in [0.25, 0.3) is 0 Å². The molecule has 8 nitrogen and oxygen atoms in total. The molecule has 0 saturated heterocycles. The van der Waals surface area contributed by atoms with Gasteiger partial charge in [0, 0.05) is 5.56 Å². The maximum absolute atomic E-state index is 11.9. The normalized spacial score (nSPS) is 11.1. The molecule has 0 atom stereocenters. The molecule has 0 unspecified atom stereocenters. The largest absolute Gasteiger partial charge is 0.497 e. The van der Waals surface area contributed by atoms with Crippen LogP contribution in [0.5, 0.6) is 5.75 Å². The maximum Gasteiger partial charge on any atom is 0.433 e. The number of hydrogen-bond acceptors (Lipinski definition) is 6. The molecular weight excluding hydrogens is 290 g/mol. The number of nitrogens with one attached hydrogen (secondary N) is 1. The number of hydrogen-bond donors (Lipinski definition) is 1. The number of benzene rings is 1. The molecule has 22 heavy (non-hydrogen) atoms. The van der Waals surface area contributed by atoms with Crippen molar-refractivity contribution in [3.8, 4) is 5.75 Å². The Bertz CT molecular complexity index is 718. The van der Waals surface area contributed by atoms with Crippen LogP contribution in [0.15, 0.2) is 45.9 Å². The molecule has 0 fully saturated rings. The van der Waals surface area contributed by atoms with Crippen molar-refractivity contribution in [2.45, 2.75) is 6.92 Å². The fourth-order valence-corrected chi connectivity index (χ4v) is 1.62. The molecule has 0 aliphatic heterocycles. The summed E-state index contributed by atoms with van der Waals surface area (Å²) in [6.07, 6.45) is 0. The maximum atomic E-state index is 11.9. The number of furan rings is 1. The van der Waals surface area contributed by atoms with E-state index < -0.39 is 10.8 Å². The molecule has 1 N–H and O–H groups in total. The van der Waals surface area contributed by atoms with E-state index in [-0.39, 0.29) is 11.6 Å². The van der Waals surface area contributed by atoms with Gasteiger partial charge in [0.1, 0.15) is 16.4 Å². The van der Waals surface area contributed by atoms with E-state index in [9.17, 15) is 14.9 Å². The van der Waals surface area contributed by atoms with Crippen molar-refractivity contribution in [2.24, 2.45) is 5.10 Å². The number of carbonyl (C=O) groups is 1. The van der Waals surface area contributed by atoms with Gasteiger partial charge in [-0.25, -0.2) is 5.43 Å². The first-order valence-electron chi connectivity index (χ1n) is 6.24. The van der Waals surface area contributed by atoms with Crippen LogP contribution in [-0.2, 0) is 0 Å². The molecule has 2 aromatic rings. The van der Waals surface area contributed by atoms with Crippen LogP contribution in [0, 0.1) is 10.1 Å². The Morgan fingerprint density at radius 3 is 2.50 bits per heavy atom. The molecule has 0 spiro atoms. The van der Waals surface area contributed by atoms with E-state index in [0.717, 1.165) is 0 Å². The SMILES string of the molecule is COc1ccc(C(=O)N/N=C(\C)c2ccc([N+](=O)[O-])o2)cc1. The minimum absolute atomic E-state index is 0.210. The lowest BCUT2D eigenvalue weighted by Crippen LogP contribution is -2.19. The average Bonchev–Trinajstić information content (AvgIpc) is 3.02. The number of amides is 1. The number of ether oxygens (including phenoxy) is 1. The second-order valence-electron chi connectivity index (χ2n) is 4.26. The summed E-state index contributed by atoms with van der Waals surface area (Å²) in [6.45, 7) is 1.57. The summed E-state index contributed by atoms with van der Waals surface area (Å²) < 4.78 is 9.98. The van der Waals surface area contributed by atoms with Crippen molar-refractivity contribution in [1.82, 2.24) is 5.43 Å². The summed E-state index contributed by atoms with van der Waals surface area (Å²) in [4.78, 5) is 21.8. The summed E-state index contributed by atoms with van der Waals surface area (Å²) >= 11 is 0. The third kappa shape index (κ3) is 3.48. The van der Waals surface area contributed by atoms with Gasteiger partial charge in [0.2, 0.25) is 0 Å². The molecular formula is C14H13N3O5. The van der Waals surface area contributed by atoms with E-state index in [1.807, 2.05) is 0 Å². The Kier molecular flexibility index (Phi) is 4.52. The van der Waals surface area contributed by atoms with Crippen LogP contribution in [0.3, 0.4) is 0 Å². The van der Waals surface area contributed by atoms with Crippen LogP contribution in [-0.4, -0.2) is 23.7 Å². The fourth-order valence-electron chi connectivity index (χ4n) is 1.62. The lowest BCUT2D eigenvalue weighted by Gasteiger charge is -2.03. The van der Waals surface area contributed by atoms with Crippen LogP contribution in [0.2, 0.25) is 0 Å². The molecule has 0 aliphatic rings. The molecule has 1 aromatic heterocycles. The third-order valence-electron chi connectivity index (χ3n) is 2.81. The summed E-state index contributed by atoms with van der Waals surface area (Å²) in [6, 6.07) is 9.13. The smallest absolute Gasteiger partial charge is 0.433 e. The van der Waals surface area contributed by atoms with Gasteiger partial charge in [-0.3, -0.25) is 14.9 Å². The van der Waals surface area contributed by atoms with Crippen LogP contribution >= 0.6 is 0 Å². The third-order valence-corrected chi connectivity index (χ3v) is 2.81. The van der Waals surface area contributed by atoms with E-state index in [1.54, 1.807) is 31.2 Å². The van der Waals surface area contributed by atoms with Crippen molar-refractivity contribution in [2.75, 3.05) is 7.11 Å². The molecule has 1 amide bonds.